The van der Waals surface area contributed by atoms with Gasteiger partial charge in [0.15, 0.2) is 0 Å². The number of nitro groups is 1. The van der Waals surface area contributed by atoms with E-state index >= 15 is 0 Å². The maximum Gasteiger partial charge on any atom is 0.292 e. The second-order valence-electron chi connectivity index (χ2n) is 6.30. The van der Waals surface area contributed by atoms with E-state index in [1.807, 2.05) is 6.07 Å². The molecule has 0 atom stereocenters. The van der Waals surface area contributed by atoms with Crippen molar-refractivity contribution in [3.63, 3.8) is 0 Å². The molecule has 0 unspecified atom stereocenters. The third kappa shape index (κ3) is 5.34. The van der Waals surface area contributed by atoms with Crippen LogP contribution >= 0.6 is 0 Å². The molecular formula is C16H27N3O2. The second-order valence-corrected chi connectivity index (χ2v) is 6.30. The molecule has 5 nitrogen and oxygen atoms in total. The number of hydrogen-bond acceptors (Lipinski definition) is 4. The number of anilines is 1. The lowest BCUT2D eigenvalue weighted by molar-refractivity contribution is -0.384. The van der Waals surface area contributed by atoms with Gasteiger partial charge in [-0.2, -0.15) is 0 Å². The van der Waals surface area contributed by atoms with E-state index in [0.717, 1.165) is 25.2 Å². The van der Waals surface area contributed by atoms with Gasteiger partial charge in [0.25, 0.3) is 5.69 Å². The van der Waals surface area contributed by atoms with Crippen LogP contribution in [0.3, 0.4) is 0 Å². The van der Waals surface area contributed by atoms with Crippen molar-refractivity contribution in [2.24, 2.45) is 11.8 Å². The summed E-state index contributed by atoms with van der Waals surface area (Å²) in [5.41, 5.74) is 1.75. The Labute approximate surface area is 127 Å². The van der Waals surface area contributed by atoms with E-state index in [1.165, 1.54) is 0 Å². The molecule has 0 spiro atoms. The van der Waals surface area contributed by atoms with E-state index in [-0.39, 0.29) is 10.6 Å². The minimum Gasteiger partial charge on any atom is -0.382 e. The van der Waals surface area contributed by atoms with Crippen LogP contribution < -0.4 is 5.32 Å². The van der Waals surface area contributed by atoms with Crippen LogP contribution in [0, 0.1) is 22.0 Å². The smallest absolute Gasteiger partial charge is 0.292 e. The molecule has 1 rings (SSSR count). The van der Waals surface area contributed by atoms with Crippen LogP contribution in [0.25, 0.3) is 0 Å². The average Bonchev–Trinajstić information content (AvgIpc) is 2.36. The lowest BCUT2D eigenvalue weighted by Gasteiger charge is -2.27. The largest absolute Gasteiger partial charge is 0.382 e. The fourth-order valence-electron chi connectivity index (χ4n) is 2.64. The fourth-order valence-corrected chi connectivity index (χ4v) is 2.64. The molecule has 0 aromatic heterocycles. The number of benzene rings is 1. The van der Waals surface area contributed by atoms with Gasteiger partial charge in [-0.1, -0.05) is 39.8 Å². The first-order valence-electron chi connectivity index (χ1n) is 7.51. The minimum absolute atomic E-state index is 0.143. The van der Waals surface area contributed by atoms with E-state index in [0.29, 0.717) is 17.5 Å². The van der Waals surface area contributed by atoms with Crippen LogP contribution in [-0.2, 0) is 6.54 Å². The van der Waals surface area contributed by atoms with Gasteiger partial charge in [0.05, 0.1) is 4.92 Å². The molecule has 118 valence electrons. The third-order valence-corrected chi connectivity index (χ3v) is 3.22. The predicted molar refractivity (Wildman–Crippen MR) is 87.6 cm³/mol. The lowest BCUT2D eigenvalue weighted by Crippen LogP contribution is -2.31. The molecule has 0 saturated heterocycles. The summed E-state index contributed by atoms with van der Waals surface area (Å²) in [4.78, 5) is 13.2. The summed E-state index contributed by atoms with van der Waals surface area (Å²) < 4.78 is 0. The molecule has 0 aliphatic heterocycles. The first kappa shape index (κ1) is 17.4. The molecule has 0 bridgehead atoms. The van der Waals surface area contributed by atoms with Crippen LogP contribution in [0.2, 0.25) is 0 Å². The number of nitrogens with zero attached hydrogens (tertiary/aromatic N) is 2. The molecular weight excluding hydrogens is 266 g/mol. The summed E-state index contributed by atoms with van der Waals surface area (Å²) in [5.74, 6) is 1.14. The van der Waals surface area contributed by atoms with Crippen LogP contribution in [0.1, 0.15) is 33.3 Å². The topological polar surface area (TPSA) is 58.4 Å². The van der Waals surface area contributed by atoms with Gasteiger partial charge in [0, 0.05) is 32.7 Å². The number of nitrogens with one attached hydrogen (secondary N) is 1. The van der Waals surface area contributed by atoms with Crippen molar-refractivity contribution < 1.29 is 4.92 Å². The molecule has 0 amide bonds. The molecule has 0 aliphatic carbocycles. The maximum absolute atomic E-state index is 11.1. The van der Waals surface area contributed by atoms with Crippen LogP contribution in [-0.4, -0.2) is 30.0 Å². The monoisotopic (exact) mass is 293 g/mol. The van der Waals surface area contributed by atoms with Crippen molar-refractivity contribution in [3.05, 3.63) is 33.9 Å². The summed E-state index contributed by atoms with van der Waals surface area (Å²) in [6, 6.07) is 5.27. The van der Waals surface area contributed by atoms with Gasteiger partial charge < -0.3 is 5.32 Å². The highest BCUT2D eigenvalue weighted by atomic mass is 16.6. The molecule has 0 saturated carbocycles. The molecule has 1 aromatic rings. The highest BCUT2D eigenvalue weighted by molar-refractivity contribution is 5.66. The first-order chi connectivity index (χ1) is 9.85. The molecule has 0 fully saturated rings. The zero-order chi connectivity index (χ0) is 16.0. The Balaban J connectivity index is 3.02. The Morgan fingerprint density at radius 1 is 1.19 bits per heavy atom. The summed E-state index contributed by atoms with van der Waals surface area (Å²) in [6.45, 7) is 11.5. The highest BCUT2D eigenvalue weighted by Gasteiger charge is 2.18. The van der Waals surface area contributed by atoms with Gasteiger partial charge in [-0.25, -0.2) is 0 Å². The van der Waals surface area contributed by atoms with E-state index < -0.39 is 0 Å². The first-order valence-corrected chi connectivity index (χ1v) is 7.51. The van der Waals surface area contributed by atoms with Crippen molar-refractivity contribution in [3.8, 4) is 0 Å². The van der Waals surface area contributed by atoms with Gasteiger partial charge in [-0.3, -0.25) is 15.0 Å². The van der Waals surface area contributed by atoms with Crippen molar-refractivity contribution in [1.29, 1.82) is 0 Å². The quantitative estimate of drug-likeness (QED) is 0.586. The Bertz CT molecular complexity index is 463. The Hall–Kier alpha value is -1.62. The van der Waals surface area contributed by atoms with E-state index in [4.69, 9.17) is 0 Å². The van der Waals surface area contributed by atoms with E-state index in [1.54, 1.807) is 19.2 Å². The van der Waals surface area contributed by atoms with E-state index in [9.17, 15) is 10.1 Å². The maximum atomic E-state index is 11.1. The third-order valence-electron chi connectivity index (χ3n) is 3.22. The van der Waals surface area contributed by atoms with Gasteiger partial charge in [-0.05, 0) is 17.4 Å². The minimum atomic E-state index is -0.329. The van der Waals surface area contributed by atoms with Crippen molar-refractivity contribution >= 4 is 11.4 Å². The molecule has 21 heavy (non-hydrogen) atoms. The number of hydrogen-bond donors (Lipinski definition) is 1. The molecule has 0 radical (unpaired) electrons. The predicted octanol–water partition coefficient (Wildman–Crippen LogP) is 3.75. The standard InChI is InChI=1S/C16H27N3O2/c1-12(2)9-18(10-13(3)4)11-14-7-6-8-15(19(20)21)16(14)17-5/h6-8,12-13,17H,9-11H2,1-5H3. The number of rotatable bonds is 8. The number of nitro benzene ring substituents is 1. The lowest BCUT2D eigenvalue weighted by atomic mass is 10.1. The Morgan fingerprint density at radius 2 is 1.76 bits per heavy atom. The Morgan fingerprint density at radius 3 is 2.19 bits per heavy atom. The molecule has 0 aliphatic rings. The summed E-state index contributed by atoms with van der Waals surface area (Å²) in [7, 11) is 1.74. The van der Waals surface area contributed by atoms with Gasteiger partial charge in [-0.15, -0.1) is 0 Å². The highest BCUT2D eigenvalue weighted by Crippen LogP contribution is 2.29. The van der Waals surface area contributed by atoms with Crippen molar-refractivity contribution in [1.82, 2.24) is 4.90 Å². The molecule has 5 heteroatoms. The van der Waals surface area contributed by atoms with Gasteiger partial charge in [0.2, 0.25) is 0 Å². The van der Waals surface area contributed by atoms with Gasteiger partial charge in [0.1, 0.15) is 5.69 Å². The summed E-state index contributed by atoms with van der Waals surface area (Å²) >= 11 is 0. The molecule has 1 aromatic carbocycles. The SMILES string of the molecule is CNc1c(CN(CC(C)C)CC(C)C)cccc1[N+](=O)[O-]. The van der Waals surface area contributed by atoms with Crippen LogP contribution in [0.4, 0.5) is 11.4 Å². The van der Waals surface area contributed by atoms with Crippen LogP contribution in [0.5, 0.6) is 0 Å². The fraction of sp³-hybridized carbons (Fsp3) is 0.625. The average molecular weight is 293 g/mol. The van der Waals surface area contributed by atoms with Crippen molar-refractivity contribution in [2.75, 3.05) is 25.5 Å². The van der Waals surface area contributed by atoms with Gasteiger partial charge >= 0.3 is 0 Å². The van der Waals surface area contributed by atoms with E-state index in [2.05, 4.69) is 37.9 Å². The molecule has 1 N–H and O–H groups in total. The summed E-state index contributed by atoms with van der Waals surface area (Å²) in [6.07, 6.45) is 0. The Kier molecular flexibility index (Phi) is 6.62. The zero-order valence-corrected chi connectivity index (χ0v) is 13.7. The van der Waals surface area contributed by atoms with Crippen molar-refractivity contribution in [2.45, 2.75) is 34.2 Å². The number of para-hydroxylation sites is 1. The second kappa shape index (κ2) is 7.98. The summed E-state index contributed by atoms with van der Waals surface area (Å²) in [5, 5.41) is 14.1. The van der Waals surface area contributed by atoms with Crippen LogP contribution in [0.15, 0.2) is 18.2 Å². The normalized spacial score (nSPS) is 11.4. The zero-order valence-electron chi connectivity index (χ0n) is 13.7. The molecule has 0 heterocycles.